The maximum absolute atomic E-state index is 13.3. The summed E-state index contributed by atoms with van der Waals surface area (Å²) < 4.78 is 37.5. The van der Waals surface area contributed by atoms with E-state index >= 15 is 0 Å². The molecule has 3 heterocycles. The zero-order valence-corrected chi connectivity index (χ0v) is 22.5. The number of imidazole rings is 1. The number of halogens is 1. The number of piperidine rings is 1. The highest BCUT2D eigenvalue weighted by atomic mass is 79.9. The van der Waals surface area contributed by atoms with Crippen LogP contribution in [0.2, 0.25) is 0 Å². The minimum Gasteiger partial charge on any atom is -0.376 e. The van der Waals surface area contributed by atoms with Crippen LogP contribution in [0, 0.1) is 5.92 Å². The van der Waals surface area contributed by atoms with E-state index in [9.17, 15) is 8.42 Å². The summed E-state index contributed by atoms with van der Waals surface area (Å²) in [5.41, 5.74) is 2.90. The highest BCUT2D eigenvalue weighted by Gasteiger charge is 2.29. The Morgan fingerprint density at radius 1 is 1.15 bits per heavy atom. The van der Waals surface area contributed by atoms with E-state index in [1.807, 2.05) is 18.2 Å². The molecule has 2 saturated heterocycles. The number of ether oxygens (including phenoxy) is 1. The van der Waals surface area contributed by atoms with Crippen molar-refractivity contribution in [1.29, 1.82) is 0 Å². The lowest BCUT2D eigenvalue weighted by Crippen LogP contribution is -2.39. The Bertz CT molecular complexity index is 1250. The van der Waals surface area contributed by atoms with Gasteiger partial charge in [-0.15, -0.1) is 0 Å². The highest BCUT2D eigenvalue weighted by molar-refractivity contribution is 9.10. The van der Waals surface area contributed by atoms with Gasteiger partial charge in [0.15, 0.2) is 5.16 Å². The maximum atomic E-state index is 13.3. The third-order valence-corrected chi connectivity index (χ3v) is 10.1. The van der Waals surface area contributed by atoms with Crippen LogP contribution in [0.5, 0.6) is 0 Å². The molecule has 3 aromatic rings. The summed E-state index contributed by atoms with van der Waals surface area (Å²) in [6, 6.07) is 13.7. The van der Waals surface area contributed by atoms with Gasteiger partial charge in [-0.1, -0.05) is 46.7 Å². The fraction of sp³-hybridized carbons (Fsp3) is 0.480. The van der Waals surface area contributed by atoms with Gasteiger partial charge in [-0.2, -0.15) is 4.31 Å². The molecule has 1 aromatic heterocycles. The molecule has 0 aliphatic carbocycles. The number of aromatic nitrogens is 2. The number of rotatable bonds is 7. The second kappa shape index (κ2) is 10.3. The van der Waals surface area contributed by atoms with Crippen molar-refractivity contribution in [1.82, 2.24) is 13.9 Å². The summed E-state index contributed by atoms with van der Waals surface area (Å²) in [6.07, 6.45) is 4.28. The third-order valence-electron chi connectivity index (χ3n) is 6.63. The molecule has 0 radical (unpaired) electrons. The SMILES string of the molecule is C[C@@H]1CCCN(S(=O)(=O)c2ccc3c(c2)nc(SCc2ccc(Br)cc2)n3C[C@H]2CCCO2)C1. The lowest BCUT2D eigenvalue weighted by Gasteiger charge is -2.30. The molecule has 2 atom stereocenters. The predicted octanol–water partition coefficient (Wildman–Crippen LogP) is 5.69. The van der Waals surface area contributed by atoms with Gasteiger partial charge in [0.25, 0.3) is 0 Å². The third kappa shape index (κ3) is 5.23. The van der Waals surface area contributed by atoms with Gasteiger partial charge in [0, 0.05) is 29.9 Å². The van der Waals surface area contributed by atoms with E-state index in [1.165, 1.54) is 5.56 Å². The van der Waals surface area contributed by atoms with Crippen LogP contribution in [-0.4, -0.2) is 48.1 Å². The molecule has 34 heavy (non-hydrogen) atoms. The Labute approximate surface area is 214 Å². The second-order valence-electron chi connectivity index (χ2n) is 9.32. The van der Waals surface area contributed by atoms with Crippen LogP contribution in [0.3, 0.4) is 0 Å². The largest absolute Gasteiger partial charge is 0.376 e. The van der Waals surface area contributed by atoms with Gasteiger partial charge in [-0.3, -0.25) is 0 Å². The molecule has 6 nitrogen and oxygen atoms in total. The maximum Gasteiger partial charge on any atom is 0.243 e. The average Bonchev–Trinajstić information content (AvgIpc) is 3.46. The Hall–Kier alpha value is -1.39. The minimum atomic E-state index is -3.52. The normalized spacial score (nSPS) is 21.9. The monoisotopic (exact) mass is 563 g/mol. The van der Waals surface area contributed by atoms with Crippen LogP contribution in [0.15, 0.2) is 57.0 Å². The number of hydrogen-bond donors (Lipinski definition) is 0. The molecule has 0 saturated carbocycles. The Morgan fingerprint density at radius 3 is 2.71 bits per heavy atom. The van der Waals surface area contributed by atoms with E-state index in [0.29, 0.717) is 23.9 Å². The molecule has 0 N–H and O–H groups in total. The number of benzene rings is 2. The number of sulfonamides is 1. The first-order chi connectivity index (χ1) is 16.4. The van der Waals surface area contributed by atoms with Crippen molar-refractivity contribution in [3.8, 4) is 0 Å². The summed E-state index contributed by atoms with van der Waals surface area (Å²) >= 11 is 5.17. The number of thioether (sulfide) groups is 1. The zero-order valence-electron chi connectivity index (χ0n) is 19.3. The summed E-state index contributed by atoms with van der Waals surface area (Å²) in [4.78, 5) is 5.23. The molecule has 2 fully saturated rings. The first-order valence-corrected chi connectivity index (χ1v) is 15.1. The zero-order chi connectivity index (χ0) is 23.7. The van der Waals surface area contributed by atoms with Crippen molar-refractivity contribution in [3.63, 3.8) is 0 Å². The molecule has 2 aliphatic rings. The highest BCUT2D eigenvalue weighted by Crippen LogP contribution is 2.31. The number of nitrogens with zero attached hydrogens (tertiary/aromatic N) is 3. The molecule has 2 aliphatic heterocycles. The summed E-state index contributed by atoms with van der Waals surface area (Å²) in [5.74, 6) is 1.18. The molecule has 0 amide bonds. The molecule has 0 spiro atoms. The van der Waals surface area contributed by atoms with Crippen LogP contribution in [0.4, 0.5) is 0 Å². The first kappa shape index (κ1) is 24.3. The van der Waals surface area contributed by atoms with Crippen molar-refractivity contribution in [2.24, 2.45) is 5.92 Å². The van der Waals surface area contributed by atoms with Gasteiger partial charge in [-0.25, -0.2) is 13.4 Å². The van der Waals surface area contributed by atoms with E-state index in [4.69, 9.17) is 9.72 Å². The van der Waals surface area contributed by atoms with E-state index in [2.05, 4.69) is 39.6 Å². The molecule has 182 valence electrons. The van der Waals surface area contributed by atoms with Crippen molar-refractivity contribution in [2.45, 2.75) is 61.1 Å². The summed E-state index contributed by atoms with van der Waals surface area (Å²) in [5, 5.41) is 0.898. The number of hydrogen-bond acceptors (Lipinski definition) is 5. The fourth-order valence-electron chi connectivity index (χ4n) is 4.77. The molecule has 9 heteroatoms. The van der Waals surface area contributed by atoms with E-state index in [0.717, 1.165) is 65.3 Å². The van der Waals surface area contributed by atoms with E-state index < -0.39 is 10.0 Å². The van der Waals surface area contributed by atoms with Gasteiger partial charge in [0.2, 0.25) is 10.0 Å². The predicted molar refractivity (Wildman–Crippen MR) is 140 cm³/mol. The first-order valence-electron chi connectivity index (χ1n) is 11.9. The Kier molecular flexibility index (Phi) is 7.37. The van der Waals surface area contributed by atoms with Gasteiger partial charge >= 0.3 is 0 Å². The standard InChI is InChI=1S/C25H30BrN3O3S2/c1-18-4-2-12-28(15-18)34(30,31)22-10-11-24-23(14-22)27-25(29(24)16-21-5-3-13-32-21)33-17-19-6-8-20(26)9-7-19/h6-11,14,18,21H,2-5,12-13,15-17H2,1H3/t18-,21-/m1/s1. The van der Waals surface area contributed by atoms with Gasteiger partial charge < -0.3 is 9.30 Å². The lowest BCUT2D eigenvalue weighted by molar-refractivity contribution is 0.0960. The topological polar surface area (TPSA) is 64.4 Å². The summed E-state index contributed by atoms with van der Waals surface area (Å²) in [6.45, 7) is 4.82. The molecule has 0 unspecified atom stereocenters. The van der Waals surface area contributed by atoms with Gasteiger partial charge in [-0.05, 0) is 67.5 Å². The van der Waals surface area contributed by atoms with Crippen LogP contribution in [-0.2, 0) is 27.1 Å². The molecule has 2 aromatic carbocycles. The van der Waals surface area contributed by atoms with Gasteiger partial charge in [0.1, 0.15) is 0 Å². The lowest BCUT2D eigenvalue weighted by atomic mass is 10.0. The van der Waals surface area contributed by atoms with E-state index in [1.54, 1.807) is 28.2 Å². The average molecular weight is 565 g/mol. The smallest absolute Gasteiger partial charge is 0.243 e. The minimum absolute atomic E-state index is 0.169. The summed E-state index contributed by atoms with van der Waals surface area (Å²) in [7, 11) is -3.52. The molecule has 0 bridgehead atoms. The van der Waals surface area contributed by atoms with Crippen LogP contribution in [0.25, 0.3) is 11.0 Å². The number of fused-ring (bicyclic) bond motifs is 1. The van der Waals surface area contributed by atoms with Gasteiger partial charge in [0.05, 0.1) is 28.6 Å². The fourth-order valence-corrected chi connectivity index (χ4v) is 7.63. The molecular formula is C25H30BrN3O3S2. The van der Waals surface area contributed by atoms with Crippen molar-refractivity contribution in [3.05, 3.63) is 52.5 Å². The van der Waals surface area contributed by atoms with Crippen molar-refractivity contribution in [2.75, 3.05) is 19.7 Å². The van der Waals surface area contributed by atoms with Crippen LogP contribution >= 0.6 is 27.7 Å². The van der Waals surface area contributed by atoms with E-state index in [-0.39, 0.29) is 6.10 Å². The van der Waals surface area contributed by atoms with Crippen molar-refractivity contribution < 1.29 is 13.2 Å². The van der Waals surface area contributed by atoms with Crippen molar-refractivity contribution >= 4 is 48.7 Å². The Balaban J connectivity index is 1.46. The second-order valence-corrected chi connectivity index (χ2v) is 13.1. The Morgan fingerprint density at radius 2 is 1.97 bits per heavy atom. The van der Waals surface area contributed by atoms with Crippen LogP contribution < -0.4 is 0 Å². The molecule has 5 rings (SSSR count). The quantitative estimate of drug-likeness (QED) is 0.345. The molecular weight excluding hydrogens is 534 g/mol. The van der Waals surface area contributed by atoms with Crippen LogP contribution in [0.1, 0.15) is 38.2 Å².